The van der Waals surface area contributed by atoms with E-state index in [1.165, 1.54) is 4.90 Å². The smallest absolute Gasteiger partial charge is 0.326 e. The van der Waals surface area contributed by atoms with Crippen LogP contribution in [0.1, 0.15) is 5.56 Å². The van der Waals surface area contributed by atoms with Gasteiger partial charge in [0.15, 0.2) is 6.61 Å². The Morgan fingerprint density at radius 3 is 2.65 bits per heavy atom. The Balaban J connectivity index is 2.03. The Morgan fingerprint density at radius 1 is 1.29 bits per heavy atom. The first-order valence-electron chi connectivity index (χ1n) is 5.25. The zero-order chi connectivity index (χ0) is 12.3. The largest absolute Gasteiger partial charge is 0.497 e. The van der Waals surface area contributed by atoms with Gasteiger partial charge in [-0.15, -0.1) is 0 Å². The lowest BCUT2D eigenvalue weighted by Gasteiger charge is -2.25. The van der Waals surface area contributed by atoms with E-state index in [4.69, 9.17) is 4.74 Å². The van der Waals surface area contributed by atoms with Gasteiger partial charge in [0.2, 0.25) is 0 Å². The van der Waals surface area contributed by atoms with Crippen molar-refractivity contribution in [3.8, 4) is 5.75 Å². The number of morpholine rings is 1. The van der Waals surface area contributed by atoms with Gasteiger partial charge < -0.3 is 14.4 Å². The van der Waals surface area contributed by atoms with Crippen molar-refractivity contribution >= 4 is 11.9 Å². The van der Waals surface area contributed by atoms with E-state index in [9.17, 15) is 9.59 Å². The van der Waals surface area contributed by atoms with Crippen LogP contribution >= 0.6 is 0 Å². The summed E-state index contributed by atoms with van der Waals surface area (Å²) in [5.74, 6) is 0.233. The average Bonchev–Trinajstić information content (AvgIpc) is 2.35. The Kier molecular flexibility index (Phi) is 3.27. The number of carbonyl (C=O) groups excluding carboxylic acids is 2. The van der Waals surface area contributed by atoms with Crippen LogP contribution in [0.4, 0.5) is 0 Å². The predicted molar refractivity (Wildman–Crippen MR) is 59.4 cm³/mol. The highest BCUT2D eigenvalue weighted by molar-refractivity contribution is 5.88. The molecule has 0 aliphatic carbocycles. The van der Waals surface area contributed by atoms with Gasteiger partial charge in [0.05, 0.1) is 7.11 Å². The number of rotatable bonds is 3. The molecule has 0 N–H and O–H groups in total. The van der Waals surface area contributed by atoms with E-state index in [0.29, 0.717) is 6.54 Å². The molecule has 0 aromatic heterocycles. The standard InChI is InChI=1S/C12H13NO4/c1-16-10-4-2-9(3-5-10)6-13-7-12(15)17-8-11(13)14/h2-5H,6-8H2,1H3. The number of amides is 1. The number of hydrogen-bond acceptors (Lipinski definition) is 4. The molecule has 90 valence electrons. The van der Waals surface area contributed by atoms with Gasteiger partial charge in [0.25, 0.3) is 5.91 Å². The van der Waals surface area contributed by atoms with Gasteiger partial charge in [0, 0.05) is 6.54 Å². The van der Waals surface area contributed by atoms with Gasteiger partial charge in [-0.25, -0.2) is 0 Å². The van der Waals surface area contributed by atoms with E-state index in [-0.39, 0.29) is 25.0 Å². The van der Waals surface area contributed by atoms with Crippen molar-refractivity contribution in [2.75, 3.05) is 20.3 Å². The van der Waals surface area contributed by atoms with E-state index < -0.39 is 0 Å². The van der Waals surface area contributed by atoms with Crippen LogP contribution < -0.4 is 4.74 Å². The molecular weight excluding hydrogens is 222 g/mol. The SMILES string of the molecule is COc1ccc(CN2CC(=O)OCC2=O)cc1. The highest BCUT2D eigenvalue weighted by atomic mass is 16.5. The van der Waals surface area contributed by atoms with Crippen LogP contribution in [0.15, 0.2) is 24.3 Å². The van der Waals surface area contributed by atoms with Crippen LogP contribution in [-0.4, -0.2) is 37.0 Å². The van der Waals surface area contributed by atoms with Crippen LogP contribution in [0.5, 0.6) is 5.75 Å². The van der Waals surface area contributed by atoms with Gasteiger partial charge in [-0.2, -0.15) is 0 Å². The third kappa shape index (κ3) is 2.75. The average molecular weight is 235 g/mol. The Morgan fingerprint density at radius 2 is 2.00 bits per heavy atom. The summed E-state index contributed by atoms with van der Waals surface area (Å²) in [6, 6.07) is 7.38. The molecule has 5 heteroatoms. The number of methoxy groups -OCH3 is 1. The monoisotopic (exact) mass is 235 g/mol. The lowest BCUT2D eigenvalue weighted by Crippen LogP contribution is -2.43. The highest BCUT2D eigenvalue weighted by Crippen LogP contribution is 2.14. The van der Waals surface area contributed by atoms with Crippen LogP contribution in [0, 0.1) is 0 Å². The number of nitrogens with zero attached hydrogens (tertiary/aromatic N) is 1. The van der Waals surface area contributed by atoms with E-state index >= 15 is 0 Å². The van der Waals surface area contributed by atoms with Crippen molar-refractivity contribution in [3.63, 3.8) is 0 Å². The summed E-state index contributed by atoms with van der Waals surface area (Å²) in [4.78, 5) is 24.0. The van der Waals surface area contributed by atoms with Crippen molar-refractivity contribution in [2.45, 2.75) is 6.54 Å². The van der Waals surface area contributed by atoms with Gasteiger partial charge in [0.1, 0.15) is 12.3 Å². The van der Waals surface area contributed by atoms with Crippen LogP contribution in [0.3, 0.4) is 0 Å². The molecule has 0 atom stereocenters. The second-order valence-corrected chi connectivity index (χ2v) is 3.76. The van der Waals surface area contributed by atoms with E-state index in [1.54, 1.807) is 7.11 Å². The molecule has 0 bridgehead atoms. The molecule has 1 amide bonds. The zero-order valence-electron chi connectivity index (χ0n) is 9.51. The van der Waals surface area contributed by atoms with Gasteiger partial charge >= 0.3 is 5.97 Å². The van der Waals surface area contributed by atoms with Crippen molar-refractivity contribution in [3.05, 3.63) is 29.8 Å². The normalized spacial score (nSPS) is 15.7. The first-order valence-corrected chi connectivity index (χ1v) is 5.25. The lowest BCUT2D eigenvalue weighted by atomic mass is 10.2. The molecule has 2 rings (SSSR count). The molecule has 0 unspecified atom stereocenters. The number of carbonyl (C=O) groups is 2. The summed E-state index contributed by atoms with van der Waals surface area (Å²) < 4.78 is 9.69. The fourth-order valence-corrected chi connectivity index (χ4v) is 1.62. The minimum absolute atomic E-state index is 0.0187. The lowest BCUT2D eigenvalue weighted by molar-refractivity contribution is -0.162. The van der Waals surface area contributed by atoms with E-state index in [1.807, 2.05) is 24.3 Å². The minimum Gasteiger partial charge on any atom is -0.497 e. The summed E-state index contributed by atoms with van der Waals surface area (Å²) in [6.45, 7) is 0.276. The Labute approximate surface area is 98.9 Å². The third-order valence-electron chi connectivity index (χ3n) is 2.56. The van der Waals surface area contributed by atoms with Crippen molar-refractivity contribution in [1.82, 2.24) is 4.90 Å². The van der Waals surface area contributed by atoms with Crippen LogP contribution in [0.2, 0.25) is 0 Å². The molecule has 1 aliphatic rings. The first-order chi connectivity index (χ1) is 8.19. The third-order valence-corrected chi connectivity index (χ3v) is 2.56. The second kappa shape index (κ2) is 4.86. The summed E-state index contributed by atoms with van der Waals surface area (Å²) in [5.41, 5.74) is 0.953. The topological polar surface area (TPSA) is 55.8 Å². The molecule has 1 aromatic rings. The molecule has 1 aromatic carbocycles. The highest BCUT2D eigenvalue weighted by Gasteiger charge is 2.24. The Bertz CT molecular complexity index is 427. The molecule has 1 aliphatic heterocycles. The van der Waals surface area contributed by atoms with Crippen molar-refractivity contribution < 1.29 is 19.1 Å². The molecule has 0 saturated carbocycles. The van der Waals surface area contributed by atoms with E-state index in [0.717, 1.165) is 11.3 Å². The molecule has 1 heterocycles. The fourth-order valence-electron chi connectivity index (χ4n) is 1.62. The zero-order valence-corrected chi connectivity index (χ0v) is 9.51. The van der Waals surface area contributed by atoms with Gasteiger partial charge in [-0.1, -0.05) is 12.1 Å². The minimum atomic E-state index is -0.363. The fraction of sp³-hybridized carbons (Fsp3) is 0.333. The first kappa shape index (κ1) is 11.4. The number of benzene rings is 1. The molecule has 1 saturated heterocycles. The van der Waals surface area contributed by atoms with Crippen LogP contribution in [0.25, 0.3) is 0 Å². The number of hydrogen-bond donors (Lipinski definition) is 0. The predicted octanol–water partition coefficient (Wildman–Crippen LogP) is 0.581. The maximum absolute atomic E-state index is 11.5. The number of ether oxygens (including phenoxy) is 2. The van der Waals surface area contributed by atoms with Gasteiger partial charge in [-0.3, -0.25) is 9.59 Å². The van der Waals surface area contributed by atoms with Crippen molar-refractivity contribution in [2.24, 2.45) is 0 Å². The molecule has 17 heavy (non-hydrogen) atoms. The summed E-state index contributed by atoms with van der Waals surface area (Å²) in [7, 11) is 1.60. The maximum Gasteiger partial charge on any atom is 0.326 e. The molecule has 0 spiro atoms. The van der Waals surface area contributed by atoms with Gasteiger partial charge in [-0.05, 0) is 17.7 Å². The summed E-state index contributed by atoms with van der Waals surface area (Å²) in [5, 5.41) is 0. The quantitative estimate of drug-likeness (QED) is 0.719. The molecule has 0 radical (unpaired) electrons. The van der Waals surface area contributed by atoms with Crippen molar-refractivity contribution in [1.29, 1.82) is 0 Å². The number of esters is 1. The molecule has 1 fully saturated rings. The molecule has 5 nitrogen and oxygen atoms in total. The summed E-state index contributed by atoms with van der Waals surface area (Å²) >= 11 is 0. The maximum atomic E-state index is 11.5. The molecular formula is C12H13NO4. The second-order valence-electron chi connectivity index (χ2n) is 3.76. The Hall–Kier alpha value is -2.04. The van der Waals surface area contributed by atoms with E-state index in [2.05, 4.69) is 4.74 Å². The number of cyclic esters (lactones) is 1. The van der Waals surface area contributed by atoms with Crippen LogP contribution in [-0.2, 0) is 20.9 Å². The summed E-state index contributed by atoms with van der Waals surface area (Å²) in [6.07, 6.45) is 0.